The highest BCUT2D eigenvalue weighted by molar-refractivity contribution is 7.89. The molecule has 28 heavy (non-hydrogen) atoms. The average Bonchev–Trinajstić information content (AvgIpc) is 2.73. The van der Waals surface area contributed by atoms with Crippen LogP contribution >= 0.6 is 0 Å². The van der Waals surface area contributed by atoms with Gasteiger partial charge in [0.2, 0.25) is 10.0 Å². The van der Waals surface area contributed by atoms with Gasteiger partial charge in [0, 0.05) is 18.6 Å². The zero-order valence-corrected chi connectivity index (χ0v) is 16.8. The lowest BCUT2D eigenvalue weighted by Crippen LogP contribution is -3.18. The van der Waals surface area contributed by atoms with Crippen molar-refractivity contribution in [1.82, 2.24) is 4.31 Å². The number of rotatable bonds is 7. The molecule has 2 aromatic carbocycles. The van der Waals surface area contributed by atoms with E-state index in [1.807, 2.05) is 6.07 Å². The molecule has 3 rings (SSSR count). The van der Waals surface area contributed by atoms with Gasteiger partial charge in [0.25, 0.3) is 5.69 Å². The summed E-state index contributed by atoms with van der Waals surface area (Å²) in [7, 11) is -3.61. The summed E-state index contributed by atoms with van der Waals surface area (Å²) in [4.78, 5) is 11.8. The third-order valence-corrected chi connectivity index (χ3v) is 7.37. The van der Waals surface area contributed by atoms with Gasteiger partial charge in [-0.2, -0.15) is 4.31 Å². The van der Waals surface area contributed by atoms with Crippen LogP contribution in [0.4, 0.5) is 5.69 Å². The van der Waals surface area contributed by atoms with Crippen molar-refractivity contribution in [1.29, 1.82) is 0 Å². The fourth-order valence-corrected chi connectivity index (χ4v) is 5.07. The van der Waals surface area contributed by atoms with Crippen molar-refractivity contribution in [2.75, 3.05) is 26.2 Å². The number of aryl methyl sites for hydroxylation is 1. The van der Waals surface area contributed by atoms with Gasteiger partial charge in [-0.15, -0.1) is 0 Å². The Morgan fingerprint density at radius 2 is 1.68 bits per heavy atom. The molecule has 0 aromatic heterocycles. The molecule has 1 N–H and O–H groups in total. The molecule has 150 valence electrons. The topological polar surface area (TPSA) is 85.0 Å². The molecule has 0 radical (unpaired) electrons. The largest absolute Gasteiger partial charge is 0.331 e. The van der Waals surface area contributed by atoms with Crippen LogP contribution in [0.15, 0.2) is 59.5 Å². The summed E-state index contributed by atoms with van der Waals surface area (Å²) in [6, 6.07) is 16.0. The summed E-state index contributed by atoms with van der Waals surface area (Å²) >= 11 is 0. The molecule has 1 aliphatic rings. The summed E-state index contributed by atoms with van der Waals surface area (Å²) in [6.45, 7) is 4.68. The molecule has 1 saturated heterocycles. The van der Waals surface area contributed by atoms with Gasteiger partial charge >= 0.3 is 0 Å². The van der Waals surface area contributed by atoms with Gasteiger partial charge in [-0.05, 0) is 31.0 Å². The molecule has 0 aliphatic carbocycles. The first-order chi connectivity index (χ1) is 13.4. The second kappa shape index (κ2) is 8.81. The van der Waals surface area contributed by atoms with Crippen molar-refractivity contribution >= 4 is 15.7 Å². The van der Waals surface area contributed by atoms with E-state index in [0.717, 1.165) is 25.9 Å². The molecule has 2 aromatic rings. The van der Waals surface area contributed by atoms with Crippen LogP contribution in [-0.4, -0.2) is 49.9 Å². The van der Waals surface area contributed by atoms with Gasteiger partial charge in [0.15, 0.2) is 0 Å². The van der Waals surface area contributed by atoms with E-state index in [1.54, 1.807) is 0 Å². The van der Waals surface area contributed by atoms with Gasteiger partial charge in [0.05, 0.1) is 42.0 Å². The lowest BCUT2D eigenvalue weighted by atomic mass is 10.0. The Hall–Kier alpha value is -2.29. The van der Waals surface area contributed by atoms with Crippen LogP contribution in [0.3, 0.4) is 0 Å². The molecule has 7 nitrogen and oxygen atoms in total. The fraction of sp³-hybridized carbons (Fsp3) is 0.400. The van der Waals surface area contributed by atoms with E-state index in [-0.39, 0.29) is 10.6 Å². The first kappa shape index (κ1) is 20.4. The van der Waals surface area contributed by atoms with Crippen LogP contribution < -0.4 is 4.90 Å². The maximum atomic E-state index is 12.8. The molecule has 1 atom stereocenters. The highest BCUT2D eigenvalue weighted by atomic mass is 32.2. The summed E-state index contributed by atoms with van der Waals surface area (Å²) in [6.07, 6.45) is 2.09. The number of benzene rings is 2. The van der Waals surface area contributed by atoms with Gasteiger partial charge in [-0.25, -0.2) is 8.42 Å². The van der Waals surface area contributed by atoms with E-state index in [1.165, 1.54) is 39.0 Å². The molecule has 0 bridgehead atoms. The minimum absolute atomic E-state index is 0.110. The molecular weight excluding hydrogens is 378 g/mol. The highest BCUT2D eigenvalue weighted by Gasteiger charge is 2.32. The third-order valence-electron chi connectivity index (χ3n) is 5.46. The fourth-order valence-electron chi connectivity index (χ4n) is 3.63. The van der Waals surface area contributed by atoms with Gasteiger partial charge < -0.3 is 4.90 Å². The highest BCUT2D eigenvalue weighted by Crippen LogP contribution is 2.19. The molecule has 1 heterocycles. The summed E-state index contributed by atoms with van der Waals surface area (Å²) in [5.74, 6) is 0. The van der Waals surface area contributed by atoms with Crippen LogP contribution in [0.5, 0.6) is 0 Å². The normalized spacial score (nSPS) is 17.3. The maximum absolute atomic E-state index is 12.8. The van der Waals surface area contributed by atoms with E-state index in [2.05, 4.69) is 31.2 Å². The van der Waals surface area contributed by atoms with Crippen molar-refractivity contribution < 1.29 is 18.2 Å². The number of nitrogens with one attached hydrogen (secondary N) is 1. The second-order valence-corrected chi connectivity index (χ2v) is 9.18. The minimum atomic E-state index is -3.61. The Morgan fingerprint density at radius 3 is 2.25 bits per heavy atom. The smallest absolute Gasteiger partial charge is 0.269 e. The van der Waals surface area contributed by atoms with Crippen molar-refractivity contribution in [3.8, 4) is 0 Å². The number of sulfonamides is 1. The lowest BCUT2D eigenvalue weighted by molar-refractivity contribution is -0.927. The summed E-state index contributed by atoms with van der Waals surface area (Å²) < 4.78 is 27.1. The molecule has 8 heteroatoms. The summed E-state index contributed by atoms with van der Waals surface area (Å²) in [5, 5.41) is 10.8. The minimum Gasteiger partial charge on any atom is -0.331 e. The van der Waals surface area contributed by atoms with Gasteiger partial charge in [0.1, 0.15) is 0 Å². The molecule has 1 aliphatic heterocycles. The van der Waals surface area contributed by atoms with Crippen molar-refractivity contribution in [3.05, 3.63) is 70.3 Å². The molecule has 1 unspecified atom stereocenters. The zero-order chi connectivity index (χ0) is 20.1. The first-order valence-corrected chi connectivity index (χ1v) is 10.9. The predicted octanol–water partition coefficient (Wildman–Crippen LogP) is 1.51. The standard InChI is InChI=1S/C20H25N3O4S/c1-17(7-8-18-5-3-2-4-6-18)21-13-15-22(16-14-21)28(26,27)20-11-9-19(10-12-20)23(24)25/h2-6,9-12,17H,7-8,13-16H2,1H3/p+1. The second-order valence-electron chi connectivity index (χ2n) is 7.24. The Balaban J connectivity index is 1.55. The quantitative estimate of drug-likeness (QED) is 0.560. The number of quaternary nitrogens is 1. The van der Waals surface area contributed by atoms with Crippen molar-refractivity contribution in [2.45, 2.75) is 30.7 Å². The molecular formula is C20H26N3O4S+. The molecule has 1 fully saturated rings. The Morgan fingerprint density at radius 1 is 1.07 bits per heavy atom. The lowest BCUT2D eigenvalue weighted by Gasteiger charge is -2.34. The molecule has 0 amide bonds. The number of hydrogen-bond donors (Lipinski definition) is 1. The van der Waals surface area contributed by atoms with Crippen LogP contribution in [0.1, 0.15) is 18.9 Å². The number of nitro groups is 1. The number of hydrogen-bond acceptors (Lipinski definition) is 4. The number of piperazine rings is 1. The van der Waals surface area contributed by atoms with E-state index < -0.39 is 14.9 Å². The van der Waals surface area contributed by atoms with Crippen LogP contribution in [0.25, 0.3) is 0 Å². The SMILES string of the molecule is CC(CCc1ccccc1)[NH+]1CCN(S(=O)(=O)c2ccc([N+](=O)[O-])cc2)CC1. The van der Waals surface area contributed by atoms with Crippen LogP contribution in [-0.2, 0) is 16.4 Å². The van der Waals surface area contributed by atoms with Crippen molar-refractivity contribution in [2.24, 2.45) is 0 Å². The zero-order valence-electron chi connectivity index (χ0n) is 16.0. The number of nitro benzene ring substituents is 1. The van der Waals surface area contributed by atoms with E-state index >= 15 is 0 Å². The molecule has 0 saturated carbocycles. The molecule has 0 spiro atoms. The first-order valence-electron chi connectivity index (χ1n) is 9.51. The van der Waals surface area contributed by atoms with Crippen LogP contribution in [0, 0.1) is 10.1 Å². The third kappa shape index (κ3) is 4.76. The summed E-state index contributed by atoms with van der Waals surface area (Å²) in [5.41, 5.74) is 1.22. The average molecular weight is 405 g/mol. The van der Waals surface area contributed by atoms with Gasteiger partial charge in [-0.3, -0.25) is 10.1 Å². The van der Waals surface area contributed by atoms with Gasteiger partial charge in [-0.1, -0.05) is 30.3 Å². The number of non-ortho nitro benzene ring substituents is 1. The van der Waals surface area contributed by atoms with Crippen molar-refractivity contribution in [3.63, 3.8) is 0 Å². The van der Waals surface area contributed by atoms with E-state index in [4.69, 9.17) is 0 Å². The predicted molar refractivity (Wildman–Crippen MR) is 107 cm³/mol. The Kier molecular flexibility index (Phi) is 6.43. The number of nitrogens with zero attached hydrogens (tertiary/aromatic N) is 2. The van der Waals surface area contributed by atoms with E-state index in [0.29, 0.717) is 19.1 Å². The van der Waals surface area contributed by atoms with Crippen LogP contribution in [0.2, 0.25) is 0 Å². The monoisotopic (exact) mass is 404 g/mol. The maximum Gasteiger partial charge on any atom is 0.269 e. The Bertz CT molecular complexity index is 893. The Labute approximate surface area is 165 Å². The van der Waals surface area contributed by atoms with E-state index in [9.17, 15) is 18.5 Å².